The zero-order chi connectivity index (χ0) is 23.4. The smallest absolute Gasteiger partial charge is 0.254 e. The number of thiazole rings is 1. The van der Waals surface area contributed by atoms with E-state index in [1.165, 1.54) is 4.90 Å². The van der Waals surface area contributed by atoms with Gasteiger partial charge in [0.2, 0.25) is 0 Å². The number of β-amino-alcohol motifs (C(OH)–C–C–N with tert-alkyl or cyclic N) is 1. The Balaban J connectivity index is 1.43. The molecule has 168 valence electrons. The summed E-state index contributed by atoms with van der Waals surface area (Å²) in [6, 6.07) is 16.5. The van der Waals surface area contributed by atoms with Gasteiger partial charge >= 0.3 is 0 Å². The first-order chi connectivity index (χ1) is 16.0. The first kappa shape index (κ1) is 22.8. The maximum atomic E-state index is 13.2. The molecule has 1 N–H and O–H groups in total. The summed E-state index contributed by atoms with van der Waals surface area (Å²) >= 11 is 1.60. The zero-order valence-electron chi connectivity index (χ0n) is 18.4. The van der Waals surface area contributed by atoms with Crippen molar-refractivity contribution < 1.29 is 14.7 Å². The normalized spacial score (nSPS) is 17.7. The van der Waals surface area contributed by atoms with Gasteiger partial charge in [0.15, 0.2) is 5.78 Å². The number of aromatic nitrogens is 1. The quantitative estimate of drug-likeness (QED) is 0.577. The Labute approximate surface area is 197 Å². The third-order valence-electron chi connectivity index (χ3n) is 6.05. The molecular formula is C26H25N3O3S. The molecule has 1 fully saturated rings. The lowest BCUT2D eigenvalue weighted by molar-refractivity contribution is -0.122. The highest BCUT2D eigenvalue weighted by Gasteiger charge is 2.39. The monoisotopic (exact) mass is 459 g/mol. The van der Waals surface area contributed by atoms with Crippen molar-refractivity contribution in [3.05, 3.63) is 76.4 Å². The predicted molar refractivity (Wildman–Crippen MR) is 127 cm³/mol. The molecular weight excluding hydrogens is 434 g/mol. The molecule has 0 saturated carbocycles. The molecule has 2 atom stereocenters. The number of aliphatic hydroxyl groups excluding tert-OH is 1. The van der Waals surface area contributed by atoms with Crippen LogP contribution in [0.4, 0.5) is 0 Å². The number of nitriles is 1. The van der Waals surface area contributed by atoms with Crippen LogP contribution >= 0.6 is 11.3 Å². The number of carbonyl (C=O) groups is 2. The summed E-state index contributed by atoms with van der Waals surface area (Å²) in [5.41, 5.74) is 6.04. The molecule has 0 spiro atoms. The van der Waals surface area contributed by atoms with Gasteiger partial charge in [0.1, 0.15) is 0 Å². The molecule has 1 aliphatic rings. The highest BCUT2D eigenvalue weighted by atomic mass is 32.1. The van der Waals surface area contributed by atoms with E-state index >= 15 is 0 Å². The number of likely N-dealkylation sites (tertiary alicyclic amines) is 1. The second-order valence-electron chi connectivity index (χ2n) is 8.29. The Hall–Kier alpha value is -3.34. The number of Topliss-reactive ketones (excluding diaryl/α,β-unsaturated/α-hetero) is 1. The van der Waals surface area contributed by atoms with Crippen molar-refractivity contribution in [2.75, 3.05) is 6.54 Å². The third kappa shape index (κ3) is 5.03. The maximum Gasteiger partial charge on any atom is 0.254 e. The van der Waals surface area contributed by atoms with Crippen LogP contribution in [0.3, 0.4) is 0 Å². The Morgan fingerprint density at radius 2 is 1.97 bits per heavy atom. The fraction of sp³-hybridized carbons (Fsp3) is 0.308. The number of rotatable bonds is 7. The Morgan fingerprint density at radius 1 is 1.21 bits per heavy atom. The number of hydrogen-bond acceptors (Lipinski definition) is 6. The van der Waals surface area contributed by atoms with Crippen LogP contribution in [0.2, 0.25) is 0 Å². The summed E-state index contributed by atoms with van der Waals surface area (Å²) in [5, 5.41) is 19.3. The first-order valence-corrected chi connectivity index (χ1v) is 11.8. The van der Waals surface area contributed by atoms with E-state index in [9.17, 15) is 14.7 Å². The molecule has 4 rings (SSSR count). The minimum Gasteiger partial charge on any atom is -0.391 e. The Kier molecular flexibility index (Phi) is 6.97. The van der Waals surface area contributed by atoms with Gasteiger partial charge in [-0.15, -0.1) is 11.3 Å². The lowest BCUT2D eigenvalue weighted by Crippen LogP contribution is -2.41. The van der Waals surface area contributed by atoms with Crippen LogP contribution in [0.15, 0.2) is 54.0 Å². The third-order valence-corrected chi connectivity index (χ3v) is 7.03. The van der Waals surface area contributed by atoms with Crippen LogP contribution in [0, 0.1) is 18.3 Å². The standard InChI is InChI=1S/C26H25N3O3S/c1-17-25(33-16-28-17)20-9-6-18(7-10-20)8-11-24(31)23-14-21(30)15-29(23)26(32)22-5-3-2-4-19(22)12-13-27/h2-7,9-10,16,21,23,30H,8,11-12,14-15H2,1H3/t21-,23+/m1/s1. The van der Waals surface area contributed by atoms with Gasteiger partial charge in [0.05, 0.1) is 40.7 Å². The number of aryl methyl sites for hydroxylation is 2. The molecule has 0 radical (unpaired) electrons. The van der Waals surface area contributed by atoms with Crippen LogP contribution in [0.25, 0.3) is 10.4 Å². The van der Waals surface area contributed by atoms with Crippen LogP contribution in [-0.2, 0) is 17.6 Å². The molecule has 2 aromatic carbocycles. The number of nitrogens with zero attached hydrogens (tertiary/aromatic N) is 3. The lowest BCUT2D eigenvalue weighted by atomic mass is 9.99. The van der Waals surface area contributed by atoms with Gasteiger partial charge in [-0.3, -0.25) is 9.59 Å². The van der Waals surface area contributed by atoms with Crippen LogP contribution in [0.5, 0.6) is 0 Å². The Morgan fingerprint density at radius 3 is 2.67 bits per heavy atom. The van der Waals surface area contributed by atoms with E-state index in [1.807, 2.05) is 36.7 Å². The second-order valence-corrected chi connectivity index (χ2v) is 9.14. The van der Waals surface area contributed by atoms with Crippen LogP contribution in [-0.4, -0.2) is 45.4 Å². The number of aliphatic hydroxyl groups is 1. The number of ketones is 1. The average molecular weight is 460 g/mol. The summed E-state index contributed by atoms with van der Waals surface area (Å²) in [4.78, 5) is 33.2. The van der Waals surface area contributed by atoms with Crippen molar-refractivity contribution in [3.63, 3.8) is 0 Å². The summed E-state index contributed by atoms with van der Waals surface area (Å²) in [7, 11) is 0. The van der Waals surface area contributed by atoms with Gasteiger partial charge in [0, 0.05) is 24.9 Å². The fourth-order valence-electron chi connectivity index (χ4n) is 4.30. The van der Waals surface area contributed by atoms with Crippen molar-refractivity contribution >= 4 is 23.0 Å². The minimum atomic E-state index is -0.729. The topological polar surface area (TPSA) is 94.3 Å². The molecule has 1 amide bonds. The summed E-state index contributed by atoms with van der Waals surface area (Å²) in [6.45, 7) is 2.11. The van der Waals surface area contributed by atoms with Crippen LogP contribution < -0.4 is 0 Å². The van der Waals surface area contributed by atoms with Crippen molar-refractivity contribution in [1.29, 1.82) is 5.26 Å². The molecule has 6 nitrogen and oxygen atoms in total. The van der Waals surface area contributed by atoms with Gasteiger partial charge in [0.25, 0.3) is 5.91 Å². The zero-order valence-corrected chi connectivity index (χ0v) is 19.2. The molecule has 0 unspecified atom stereocenters. The summed E-state index contributed by atoms with van der Waals surface area (Å²) in [6.07, 6.45) is 0.496. The molecule has 1 saturated heterocycles. The van der Waals surface area contributed by atoms with E-state index in [0.29, 0.717) is 24.0 Å². The summed E-state index contributed by atoms with van der Waals surface area (Å²) < 4.78 is 0. The number of carbonyl (C=O) groups excluding carboxylic acids is 2. The fourth-order valence-corrected chi connectivity index (χ4v) is 5.11. The van der Waals surface area contributed by atoms with E-state index < -0.39 is 12.1 Å². The maximum absolute atomic E-state index is 13.2. The molecule has 33 heavy (non-hydrogen) atoms. The molecule has 1 aromatic heterocycles. The van der Waals surface area contributed by atoms with Crippen LogP contribution in [0.1, 0.15) is 40.0 Å². The van der Waals surface area contributed by atoms with E-state index in [1.54, 1.807) is 35.6 Å². The predicted octanol–water partition coefficient (Wildman–Crippen LogP) is 3.96. The van der Waals surface area contributed by atoms with Gasteiger partial charge < -0.3 is 10.0 Å². The molecule has 0 bridgehead atoms. The molecule has 3 aromatic rings. The SMILES string of the molecule is Cc1ncsc1-c1ccc(CCC(=O)[C@@H]2C[C@@H](O)CN2C(=O)c2ccccc2CC#N)cc1. The largest absolute Gasteiger partial charge is 0.391 e. The van der Waals surface area contributed by atoms with Gasteiger partial charge in [-0.2, -0.15) is 5.26 Å². The molecule has 0 aliphatic carbocycles. The van der Waals surface area contributed by atoms with E-state index in [4.69, 9.17) is 5.26 Å². The minimum absolute atomic E-state index is 0.0555. The van der Waals surface area contributed by atoms with E-state index in [-0.39, 0.29) is 31.1 Å². The Bertz CT molecular complexity index is 1200. The van der Waals surface area contributed by atoms with Crippen molar-refractivity contribution in [2.24, 2.45) is 0 Å². The van der Waals surface area contributed by atoms with Gasteiger partial charge in [-0.25, -0.2) is 4.98 Å². The number of amides is 1. The van der Waals surface area contributed by atoms with E-state index in [0.717, 1.165) is 21.7 Å². The first-order valence-electron chi connectivity index (χ1n) is 10.9. The molecule has 1 aliphatic heterocycles. The lowest BCUT2D eigenvalue weighted by Gasteiger charge is -2.24. The van der Waals surface area contributed by atoms with Gasteiger partial charge in [-0.1, -0.05) is 42.5 Å². The highest BCUT2D eigenvalue weighted by Crippen LogP contribution is 2.28. The van der Waals surface area contributed by atoms with E-state index in [2.05, 4.69) is 11.1 Å². The van der Waals surface area contributed by atoms with Crippen molar-refractivity contribution in [1.82, 2.24) is 9.88 Å². The second kappa shape index (κ2) is 10.1. The molecule has 7 heteroatoms. The van der Waals surface area contributed by atoms with Crippen molar-refractivity contribution in [2.45, 2.75) is 44.8 Å². The van der Waals surface area contributed by atoms with Crippen molar-refractivity contribution in [3.8, 4) is 16.5 Å². The highest BCUT2D eigenvalue weighted by molar-refractivity contribution is 7.13. The van der Waals surface area contributed by atoms with Gasteiger partial charge in [-0.05, 0) is 36.1 Å². The number of benzene rings is 2. The summed E-state index contributed by atoms with van der Waals surface area (Å²) in [5.74, 6) is -0.361. The molecule has 2 heterocycles. The average Bonchev–Trinajstić information content (AvgIpc) is 3.43. The number of hydrogen-bond donors (Lipinski definition) is 1.